The number of hydrogen-bond donors (Lipinski definition) is 0. The minimum Gasteiger partial charge on any atom is -0.0998 e. The lowest BCUT2D eigenvalue weighted by Gasteiger charge is -2.41. The summed E-state index contributed by atoms with van der Waals surface area (Å²) in [6.45, 7) is 9.03. The Morgan fingerprint density at radius 1 is 1.08 bits per heavy atom. The number of rotatable bonds is 1. The Kier molecular flexibility index (Phi) is 3.82. The van der Waals surface area contributed by atoms with Gasteiger partial charge in [0.1, 0.15) is 0 Å². The van der Waals surface area contributed by atoms with Crippen molar-refractivity contribution in [1.29, 1.82) is 0 Å². The van der Waals surface area contributed by atoms with E-state index in [4.69, 9.17) is 23.2 Å². The number of fused-ring (bicyclic) bond motifs is 3. The van der Waals surface area contributed by atoms with E-state index in [0.717, 1.165) is 22.9 Å². The van der Waals surface area contributed by atoms with Crippen LogP contribution in [0.4, 0.5) is 0 Å². The van der Waals surface area contributed by atoms with Crippen LogP contribution in [0, 0.1) is 11.8 Å². The maximum atomic E-state index is 6.61. The molecule has 124 valence electrons. The third kappa shape index (κ3) is 2.27. The molecule has 3 atom stereocenters. The van der Waals surface area contributed by atoms with Gasteiger partial charge < -0.3 is 0 Å². The van der Waals surface area contributed by atoms with E-state index in [-0.39, 0.29) is 5.41 Å². The lowest BCUT2D eigenvalue weighted by molar-refractivity contribution is 0.249. The van der Waals surface area contributed by atoms with Crippen LogP contribution in [0.5, 0.6) is 0 Å². The molecule has 0 spiro atoms. The zero-order chi connectivity index (χ0) is 17.1. The minimum atomic E-state index is -0.0575. The normalized spacial score (nSPS) is 28.6. The molecule has 2 aliphatic carbocycles. The smallest absolute Gasteiger partial charge is 0.0487 e. The van der Waals surface area contributed by atoms with Gasteiger partial charge in [-0.1, -0.05) is 67.4 Å². The first-order valence-corrected chi connectivity index (χ1v) is 9.43. The van der Waals surface area contributed by atoms with E-state index in [1.54, 1.807) is 0 Å². The van der Waals surface area contributed by atoms with Gasteiger partial charge in [0.25, 0.3) is 0 Å². The topological polar surface area (TPSA) is 0 Å². The first-order chi connectivity index (χ1) is 11.4. The molecule has 2 aliphatic rings. The van der Waals surface area contributed by atoms with Crippen LogP contribution >= 0.6 is 23.2 Å². The van der Waals surface area contributed by atoms with Crippen molar-refractivity contribution in [2.45, 2.75) is 38.5 Å². The predicted octanol–water partition coefficient (Wildman–Crippen LogP) is 7.27. The van der Waals surface area contributed by atoms with E-state index in [1.165, 1.54) is 34.2 Å². The second-order valence-corrected chi connectivity index (χ2v) is 8.59. The van der Waals surface area contributed by atoms with Crippen molar-refractivity contribution in [2.24, 2.45) is 11.8 Å². The molecule has 1 fully saturated rings. The molecule has 0 N–H and O–H groups in total. The molecule has 24 heavy (non-hydrogen) atoms. The minimum absolute atomic E-state index is 0.0575. The fraction of sp³-hybridized carbons (Fsp3) is 0.364. The van der Waals surface area contributed by atoms with Crippen molar-refractivity contribution < 1.29 is 0 Å². The molecular formula is C22H22Cl2. The van der Waals surface area contributed by atoms with E-state index in [2.05, 4.69) is 44.7 Å². The zero-order valence-electron chi connectivity index (χ0n) is 14.2. The molecule has 0 amide bonds. The van der Waals surface area contributed by atoms with Gasteiger partial charge in [-0.25, -0.2) is 0 Å². The van der Waals surface area contributed by atoms with Gasteiger partial charge in [-0.2, -0.15) is 0 Å². The number of hydrogen-bond acceptors (Lipinski definition) is 0. The standard InChI is InChI=1S/C22H22Cl2/c1-13-9-14(2)11-15(10-13)22(3)18-5-4-6-20(24)21(18)17-8-7-16(23)12-19(17)22/h4-8,12,14-15H,1,9-11H2,2-3H3. The van der Waals surface area contributed by atoms with Crippen molar-refractivity contribution in [3.63, 3.8) is 0 Å². The highest BCUT2D eigenvalue weighted by Gasteiger charge is 2.47. The van der Waals surface area contributed by atoms with Gasteiger partial charge in [-0.05, 0) is 66.0 Å². The number of allylic oxidation sites excluding steroid dienone is 1. The largest absolute Gasteiger partial charge is 0.0998 e. The van der Waals surface area contributed by atoms with Crippen molar-refractivity contribution in [3.8, 4) is 11.1 Å². The second-order valence-electron chi connectivity index (χ2n) is 7.75. The monoisotopic (exact) mass is 356 g/mol. The summed E-state index contributed by atoms with van der Waals surface area (Å²) in [7, 11) is 0. The van der Waals surface area contributed by atoms with Crippen molar-refractivity contribution in [1.82, 2.24) is 0 Å². The molecule has 2 heteroatoms. The molecular weight excluding hydrogens is 335 g/mol. The van der Waals surface area contributed by atoms with Crippen LogP contribution < -0.4 is 0 Å². The van der Waals surface area contributed by atoms with Crippen LogP contribution in [-0.4, -0.2) is 0 Å². The lowest BCUT2D eigenvalue weighted by Crippen LogP contribution is -2.35. The summed E-state index contributed by atoms with van der Waals surface area (Å²) in [6, 6.07) is 12.6. The highest BCUT2D eigenvalue weighted by atomic mass is 35.5. The Hall–Kier alpha value is -1.24. The van der Waals surface area contributed by atoms with Gasteiger partial charge in [0.05, 0.1) is 0 Å². The van der Waals surface area contributed by atoms with Crippen LogP contribution in [0.3, 0.4) is 0 Å². The fourth-order valence-electron chi connectivity index (χ4n) is 5.00. The van der Waals surface area contributed by atoms with Crippen molar-refractivity contribution in [3.05, 3.63) is 69.7 Å². The van der Waals surface area contributed by atoms with Gasteiger partial charge >= 0.3 is 0 Å². The summed E-state index contributed by atoms with van der Waals surface area (Å²) in [6.07, 6.45) is 3.45. The van der Waals surface area contributed by atoms with Crippen LogP contribution in [0.1, 0.15) is 44.2 Å². The van der Waals surface area contributed by atoms with Crippen LogP contribution in [0.2, 0.25) is 10.0 Å². The first kappa shape index (κ1) is 16.2. The molecule has 3 unspecified atom stereocenters. The summed E-state index contributed by atoms with van der Waals surface area (Å²) in [5.41, 5.74) is 6.42. The Morgan fingerprint density at radius 3 is 2.62 bits per heavy atom. The second kappa shape index (κ2) is 5.64. The van der Waals surface area contributed by atoms with E-state index in [0.29, 0.717) is 11.8 Å². The van der Waals surface area contributed by atoms with Crippen LogP contribution in [0.25, 0.3) is 11.1 Å². The molecule has 2 aromatic rings. The maximum absolute atomic E-state index is 6.61. The lowest BCUT2D eigenvalue weighted by atomic mass is 9.62. The van der Waals surface area contributed by atoms with E-state index < -0.39 is 0 Å². The highest BCUT2D eigenvalue weighted by Crippen LogP contribution is 2.58. The Labute approximate surface area is 154 Å². The molecule has 0 bridgehead atoms. The summed E-state index contributed by atoms with van der Waals surface area (Å²) < 4.78 is 0. The van der Waals surface area contributed by atoms with Gasteiger partial charge in [0.15, 0.2) is 0 Å². The number of halogens is 2. The third-order valence-corrected chi connectivity index (χ3v) is 6.61. The van der Waals surface area contributed by atoms with Gasteiger partial charge in [0, 0.05) is 21.0 Å². The molecule has 4 rings (SSSR count). The average molecular weight is 357 g/mol. The van der Waals surface area contributed by atoms with E-state index in [1.807, 2.05) is 12.1 Å². The van der Waals surface area contributed by atoms with E-state index in [9.17, 15) is 0 Å². The van der Waals surface area contributed by atoms with Gasteiger partial charge in [-0.3, -0.25) is 0 Å². The van der Waals surface area contributed by atoms with Crippen LogP contribution in [-0.2, 0) is 5.41 Å². The molecule has 0 nitrogen and oxygen atoms in total. The summed E-state index contributed by atoms with van der Waals surface area (Å²) >= 11 is 13.0. The van der Waals surface area contributed by atoms with Crippen molar-refractivity contribution in [2.75, 3.05) is 0 Å². The molecule has 1 saturated carbocycles. The SMILES string of the molecule is C=C1CC(C)CC(C2(C)c3cc(Cl)ccc3-c3c(Cl)cccc32)C1. The maximum Gasteiger partial charge on any atom is 0.0487 e. The summed E-state index contributed by atoms with van der Waals surface area (Å²) in [5, 5.41) is 1.63. The average Bonchev–Trinajstić information content (AvgIpc) is 2.78. The van der Waals surface area contributed by atoms with Gasteiger partial charge in [-0.15, -0.1) is 0 Å². The molecule has 2 aromatic carbocycles. The molecule has 0 aliphatic heterocycles. The first-order valence-electron chi connectivity index (χ1n) is 8.67. The highest BCUT2D eigenvalue weighted by molar-refractivity contribution is 6.34. The van der Waals surface area contributed by atoms with Crippen LogP contribution in [0.15, 0.2) is 48.6 Å². The predicted molar refractivity (Wildman–Crippen MR) is 104 cm³/mol. The Morgan fingerprint density at radius 2 is 1.88 bits per heavy atom. The van der Waals surface area contributed by atoms with Crippen molar-refractivity contribution >= 4 is 23.2 Å². The summed E-state index contributed by atoms with van der Waals surface area (Å²) in [4.78, 5) is 0. The third-order valence-electron chi connectivity index (χ3n) is 6.06. The zero-order valence-corrected chi connectivity index (χ0v) is 15.7. The Bertz CT molecular complexity index is 836. The number of benzene rings is 2. The summed E-state index contributed by atoms with van der Waals surface area (Å²) in [5.74, 6) is 1.21. The molecule has 0 radical (unpaired) electrons. The quantitative estimate of drug-likeness (QED) is 0.471. The van der Waals surface area contributed by atoms with Gasteiger partial charge in [0.2, 0.25) is 0 Å². The van der Waals surface area contributed by atoms with E-state index >= 15 is 0 Å². The molecule has 0 saturated heterocycles. The Balaban J connectivity index is 1.97. The molecule has 0 aromatic heterocycles. The fourth-order valence-corrected chi connectivity index (χ4v) is 5.44. The molecule has 0 heterocycles.